The zero-order valence-electron chi connectivity index (χ0n) is 49.4. The van der Waals surface area contributed by atoms with Crippen LogP contribution in [-0.2, 0) is 58.7 Å². The highest BCUT2D eigenvalue weighted by atomic mass is 19.1. The Balaban J connectivity index is 1.31. The molecule has 450 valence electrons. The fourth-order valence-corrected chi connectivity index (χ4v) is 12.0. The van der Waals surface area contributed by atoms with Gasteiger partial charge in [-0.05, 0) is 73.4 Å². The Labute approximate surface area is 470 Å². The number of methoxy groups -OCH3 is 4. The summed E-state index contributed by atoms with van der Waals surface area (Å²) in [7, 11) is 7.91. The van der Waals surface area contributed by atoms with Gasteiger partial charge in [-0.1, -0.05) is 62.3 Å². The quantitative estimate of drug-likeness (QED) is 0.0477. The summed E-state index contributed by atoms with van der Waals surface area (Å²) >= 11 is 0. The Kier molecular flexibility index (Phi) is 23.0. The van der Waals surface area contributed by atoms with Gasteiger partial charge in [-0.25, -0.2) is 9.07 Å². The highest BCUT2D eigenvalue weighted by Gasteiger charge is 2.54. The summed E-state index contributed by atoms with van der Waals surface area (Å²) in [5, 5.41) is 61.1. The van der Waals surface area contributed by atoms with Gasteiger partial charge in [0.25, 0.3) is 0 Å². The Bertz CT molecular complexity index is 2410. The zero-order valence-corrected chi connectivity index (χ0v) is 49.4. The minimum atomic E-state index is -1.97. The number of ether oxygens (including phenoxy) is 9. The van der Waals surface area contributed by atoms with Crippen LogP contribution in [0.25, 0.3) is 11.3 Å². The van der Waals surface area contributed by atoms with Crippen LogP contribution in [0, 0.1) is 23.7 Å². The molecule has 80 heavy (non-hydrogen) atoms. The van der Waals surface area contributed by atoms with Crippen LogP contribution in [0.4, 0.5) is 4.39 Å². The minimum absolute atomic E-state index is 0.0821. The van der Waals surface area contributed by atoms with Crippen LogP contribution >= 0.6 is 0 Å². The number of halogens is 1. The van der Waals surface area contributed by atoms with Gasteiger partial charge in [-0.15, -0.1) is 5.10 Å². The van der Waals surface area contributed by atoms with Gasteiger partial charge in [0, 0.05) is 95.8 Å². The zero-order chi connectivity index (χ0) is 58.9. The summed E-state index contributed by atoms with van der Waals surface area (Å²) in [6, 6.07) is 6.21. The van der Waals surface area contributed by atoms with Gasteiger partial charge in [-0.2, -0.15) is 0 Å². The van der Waals surface area contributed by atoms with E-state index in [0.717, 1.165) is 11.1 Å². The van der Waals surface area contributed by atoms with Gasteiger partial charge >= 0.3 is 5.97 Å². The second kappa shape index (κ2) is 28.4. The molecule has 3 saturated heterocycles. The van der Waals surface area contributed by atoms with Gasteiger partial charge in [-0.3, -0.25) is 14.8 Å². The van der Waals surface area contributed by atoms with E-state index in [0.29, 0.717) is 36.5 Å². The highest BCUT2D eigenvalue weighted by Crippen LogP contribution is 2.42. The molecule has 3 aliphatic rings. The van der Waals surface area contributed by atoms with Crippen molar-refractivity contribution < 1.29 is 77.1 Å². The third-order valence-electron chi connectivity index (χ3n) is 17.0. The van der Waals surface area contributed by atoms with Crippen molar-refractivity contribution in [2.24, 2.45) is 28.8 Å². The number of aromatic nitrogens is 5. The number of carbonyl (C=O) groups is 1. The lowest BCUT2D eigenvalue weighted by Crippen LogP contribution is -2.61. The maximum atomic E-state index is 15.0. The number of rotatable bonds is 20. The molecule has 0 radical (unpaired) electrons. The van der Waals surface area contributed by atoms with E-state index in [4.69, 9.17) is 47.5 Å². The molecule has 5 heterocycles. The van der Waals surface area contributed by atoms with Crippen LogP contribution in [0.5, 0.6) is 0 Å². The third-order valence-corrected chi connectivity index (χ3v) is 17.0. The number of benzene rings is 1. The largest absolute Gasteiger partial charge is 0.459 e. The van der Waals surface area contributed by atoms with Gasteiger partial charge in [0.1, 0.15) is 42.7 Å². The second-order valence-corrected chi connectivity index (χ2v) is 22.8. The number of hydrogen-bond donors (Lipinski definition) is 4. The second-order valence-electron chi connectivity index (χ2n) is 22.8. The molecule has 0 spiro atoms. The van der Waals surface area contributed by atoms with Crippen LogP contribution < -0.4 is 0 Å². The first-order valence-electron chi connectivity index (χ1n) is 27.9. The first-order valence-corrected chi connectivity index (χ1v) is 27.9. The molecular formula is C57H90FN7O15. The van der Waals surface area contributed by atoms with Crippen molar-refractivity contribution in [1.82, 2.24) is 29.9 Å². The fraction of sp³-hybridized carbons (Fsp3) is 0.754. The van der Waals surface area contributed by atoms with Crippen LogP contribution in [0.3, 0.4) is 0 Å². The number of hydrogen-bond acceptors (Lipinski definition) is 21. The molecule has 1 aromatic carbocycles. The standard InChI is InChI=1S/C57H90FN7O15/c1-16-44-57(10,70)50(67)34(4)46(62-75-31-71-12)32(2)26-56(9,74-15)52(35(5)48(36(6)53(69)78-44)79-45-27-55(8,73-14)51(68)37(7)77-45)80-54-47(66)42(25-33(3)76-54)64(11)24-21-40-30-65(63-61-40)43(28-58)49(72-13)39-19-17-38(18-20-39)41-29-59-22-23-60-41/h17-20,22-23,29-30,32-37,42-45,47-52,54,66-68,70H,16,21,24-28,31H2,1-15H3/b62-46+/t32-,33-,34+,35+,36-,37+,42+,43-,44-,45+,47-,48+,49-,50-,51+,52-,54+,55-,56-,57-/m1/s1. The molecule has 3 aromatic rings. The minimum Gasteiger partial charge on any atom is -0.459 e. The summed E-state index contributed by atoms with van der Waals surface area (Å²) in [4.78, 5) is 30.8. The van der Waals surface area contributed by atoms with E-state index in [-0.39, 0.29) is 26.1 Å². The first kappa shape index (κ1) is 65.0. The van der Waals surface area contributed by atoms with E-state index in [9.17, 15) is 29.6 Å². The predicted molar refractivity (Wildman–Crippen MR) is 291 cm³/mol. The number of alkyl halides is 1. The summed E-state index contributed by atoms with van der Waals surface area (Å²) < 4.78 is 72.9. The third kappa shape index (κ3) is 14.8. The topological polar surface area (TPSA) is 262 Å². The van der Waals surface area contributed by atoms with Crippen molar-refractivity contribution in [3.05, 3.63) is 60.3 Å². The molecular weight excluding hydrogens is 1040 g/mol. The number of esters is 1. The molecule has 0 saturated carbocycles. The molecule has 23 heteroatoms. The van der Waals surface area contributed by atoms with E-state index in [1.807, 2.05) is 63.9 Å². The first-order chi connectivity index (χ1) is 37.9. The number of aliphatic hydroxyl groups excluding tert-OH is 3. The van der Waals surface area contributed by atoms with E-state index in [1.165, 1.54) is 40.0 Å². The number of cyclic esters (lactones) is 1. The molecule has 22 nitrogen and oxygen atoms in total. The molecule has 0 aliphatic carbocycles. The van der Waals surface area contributed by atoms with Crippen molar-refractivity contribution in [2.45, 2.75) is 198 Å². The monoisotopic (exact) mass is 1130 g/mol. The molecule has 6 rings (SSSR count). The van der Waals surface area contributed by atoms with Gasteiger partial charge < -0.3 is 72.8 Å². The Hall–Kier alpha value is -4.21. The van der Waals surface area contributed by atoms with Crippen molar-refractivity contribution in [1.29, 1.82) is 0 Å². The molecule has 0 bridgehead atoms. The van der Waals surface area contributed by atoms with E-state index in [1.54, 1.807) is 59.4 Å². The Morgan fingerprint density at radius 2 is 1.62 bits per heavy atom. The molecule has 2 aromatic heterocycles. The Morgan fingerprint density at radius 3 is 2.24 bits per heavy atom. The number of carbonyl (C=O) groups excluding carboxylic acids is 1. The summed E-state index contributed by atoms with van der Waals surface area (Å²) in [5.74, 6) is -4.01. The lowest BCUT2D eigenvalue weighted by molar-refractivity contribution is -0.319. The maximum absolute atomic E-state index is 15.0. The highest BCUT2D eigenvalue weighted by molar-refractivity contribution is 5.88. The van der Waals surface area contributed by atoms with Crippen LogP contribution in [0.15, 0.2) is 54.2 Å². The average molecular weight is 1130 g/mol. The van der Waals surface area contributed by atoms with Crippen molar-refractivity contribution in [2.75, 3.05) is 55.5 Å². The molecule has 20 atom stereocenters. The van der Waals surface area contributed by atoms with Crippen molar-refractivity contribution in [3.63, 3.8) is 0 Å². The maximum Gasteiger partial charge on any atom is 0.311 e. The molecule has 0 amide bonds. The number of likely N-dealkylation sites (N-methyl/N-ethyl adjacent to an activating group) is 1. The number of aliphatic hydroxyl groups is 4. The molecule has 4 N–H and O–H groups in total. The Morgan fingerprint density at radius 1 is 0.925 bits per heavy atom. The average Bonchev–Trinajstić information content (AvgIpc) is 4.01. The molecule has 3 aliphatic heterocycles. The smallest absolute Gasteiger partial charge is 0.311 e. The summed E-state index contributed by atoms with van der Waals surface area (Å²) in [6.07, 6.45) is -3.35. The lowest BCUT2D eigenvalue weighted by Gasteiger charge is -2.50. The summed E-state index contributed by atoms with van der Waals surface area (Å²) in [5.41, 5.74) is -1.10. The van der Waals surface area contributed by atoms with Crippen molar-refractivity contribution >= 4 is 11.7 Å². The van der Waals surface area contributed by atoms with Crippen molar-refractivity contribution in [3.8, 4) is 11.3 Å². The van der Waals surface area contributed by atoms with E-state index < -0.39 is 133 Å². The predicted octanol–water partition coefficient (Wildman–Crippen LogP) is 5.41. The van der Waals surface area contributed by atoms with Gasteiger partial charge in [0.05, 0.1) is 70.9 Å². The molecule has 0 unspecified atom stereocenters. The van der Waals surface area contributed by atoms with Crippen LogP contribution in [0.1, 0.15) is 118 Å². The van der Waals surface area contributed by atoms with Gasteiger partial charge in [0.15, 0.2) is 12.6 Å². The number of nitrogens with zero attached hydrogens (tertiary/aromatic N) is 7. The molecule has 3 fully saturated rings. The van der Waals surface area contributed by atoms with E-state index >= 15 is 0 Å². The fourth-order valence-electron chi connectivity index (χ4n) is 12.0. The lowest BCUT2D eigenvalue weighted by atomic mass is 9.73. The number of oxime groups is 1. The van der Waals surface area contributed by atoms with Crippen LogP contribution in [0.2, 0.25) is 0 Å². The normalized spacial score (nSPS) is 37.2. The summed E-state index contributed by atoms with van der Waals surface area (Å²) in [6.45, 7) is 16.9. The van der Waals surface area contributed by atoms with Crippen LogP contribution in [-0.4, -0.2) is 202 Å². The SMILES string of the molecule is CC[C@H]1OC(=O)[C@H](C)[C@@H](O[C@H]2C[C@@](C)(OC)[C@@H](O)[C@H](C)O2)[C@H](C)[C@@H](O[C@@H]2O[C@H](C)C[C@H](N(C)CCc3cn([C@H](CF)[C@H](OC)c4ccc(-c5cnccn5)cc4)nn3)[C@H]2O)[C@](C)(OC)C[C@@H](C)/C(=N\OCOC)[C@H](C)[C@@H](O)[C@]1(C)O. The van der Waals surface area contributed by atoms with E-state index in [2.05, 4.69) is 25.4 Å². The van der Waals surface area contributed by atoms with Gasteiger partial charge in [0.2, 0.25) is 6.79 Å².